The van der Waals surface area contributed by atoms with Crippen LogP contribution in [0.3, 0.4) is 0 Å². The second-order valence-corrected chi connectivity index (χ2v) is 6.11. The molecule has 0 aliphatic carbocycles. The first-order valence-electron chi connectivity index (χ1n) is 8.20. The first kappa shape index (κ1) is 22.8. The van der Waals surface area contributed by atoms with Gasteiger partial charge in [-0.15, -0.1) is 24.8 Å². The minimum atomic E-state index is -4.18. The van der Waals surface area contributed by atoms with Crippen molar-refractivity contribution in [1.82, 2.24) is 10.2 Å². The first-order valence-corrected chi connectivity index (χ1v) is 8.20. The van der Waals surface area contributed by atoms with Crippen LogP contribution in [0.2, 0.25) is 0 Å². The van der Waals surface area contributed by atoms with Gasteiger partial charge in [0.05, 0.1) is 6.42 Å². The van der Waals surface area contributed by atoms with Crippen molar-refractivity contribution in [3.8, 4) is 11.1 Å². The average Bonchev–Trinajstić information content (AvgIpc) is 2.61. The van der Waals surface area contributed by atoms with Gasteiger partial charge in [0.1, 0.15) is 0 Å². The standard InChI is InChI=1S/C19H21F3N2.2ClH/c20-19(21,22)14-18(24-11-9-23-10-12-24)17-8-4-7-16(13-17)15-5-2-1-3-6-15;;/h1-8,13,18,23H,9-12,14H2;2*1H/t18-;;/m1../s1. The van der Waals surface area contributed by atoms with Crippen LogP contribution in [-0.2, 0) is 0 Å². The molecule has 0 radical (unpaired) electrons. The quantitative estimate of drug-likeness (QED) is 0.759. The molecule has 2 nitrogen and oxygen atoms in total. The van der Waals surface area contributed by atoms with Gasteiger partial charge in [-0.05, 0) is 22.8 Å². The highest BCUT2D eigenvalue weighted by molar-refractivity contribution is 5.85. The summed E-state index contributed by atoms with van der Waals surface area (Å²) in [7, 11) is 0. The predicted octanol–water partition coefficient (Wildman–Crippen LogP) is 5.10. The van der Waals surface area contributed by atoms with Crippen LogP contribution in [-0.4, -0.2) is 37.3 Å². The third kappa shape index (κ3) is 6.16. The number of piperazine rings is 1. The smallest absolute Gasteiger partial charge is 0.314 e. The van der Waals surface area contributed by atoms with Crippen molar-refractivity contribution in [2.45, 2.75) is 18.6 Å². The zero-order valence-electron chi connectivity index (χ0n) is 14.2. The topological polar surface area (TPSA) is 15.3 Å². The van der Waals surface area contributed by atoms with Crippen LogP contribution < -0.4 is 5.32 Å². The third-order valence-electron chi connectivity index (χ3n) is 4.40. The Labute approximate surface area is 164 Å². The molecule has 1 heterocycles. The summed E-state index contributed by atoms with van der Waals surface area (Å²) in [5.41, 5.74) is 2.71. The molecule has 0 bridgehead atoms. The molecule has 1 atom stereocenters. The fourth-order valence-corrected chi connectivity index (χ4v) is 3.23. The van der Waals surface area contributed by atoms with Gasteiger partial charge in [-0.3, -0.25) is 4.90 Å². The maximum Gasteiger partial charge on any atom is 0.390 e. The highest BCUT2D eigenvalue weighted by atomic mass is 35.5. The lowest BCUT2D eigenvalue weighted by Crippen LogP contribution is -2.46. The Morgan fingerprint density at radius 2 is 1.50 bits per heavy atom. The van der Waals surface area contributed by atoms with Crippen molar-refractivity contribution < 1.29 is 13.2 Å². The molecule has 0 spiro atoms. The fourth-order valence-electron chi connectivity index (χ4n) is 3.23. The van der Waals surface area contributed by atoms with Gasteiger partial charge in [0.25, 0.3) is 0 Å². The SMILES string of the molecule is Cl.Cl.FC(F)(F)C[C@H](c1cccc(-c2ccccc2)c1)N1CCNCC1. The molecule has 1 fully saturated rings. The maximum absolute atomic E-state index is 13.1. The summed E-state index contributed by atoms with van der Waals surface area (Å²) >= 11 is 0. The largest absolute Gasteiger partial charge is 0.390 e. The molecule has 1 aliphatic heterocycles. The van der Waals surface area contributed by atoms with E-state index in [4.69, 9.17) is 0 Å². The zero-order valence-corrected chi connectivity index (χ0v) is 15.8. The summed E-state index contributed by atoms with van der Waals surface area (Å²) in [5, 5.41) is 3.20. The average molecular weight is 407 g/mol. The fraction of sp³-hybridized carbons (Fsp3) is 0.368. The highest BCUT2D eigenvalue weighted by Crippen LogP contribution is 2.35. The Morgan fingerprint density at radius 3 is 2.12 bits per heavy atom. The Bertz CT molecular complexity index is 659. The van der Waals surface area contributed by atoms with Crippen molar-refractivity contribution in [3.05, 3.63) is 60.2 Å². The van der Waals surface area contributed by atoms with Gasteiger partial charge in [0.15, 0.2) is 0 Å². The van der Waals surface area contributed by atoms with E-state index in [0.717, 1.165) is 29.8 Å². The number of nitrogens with zero attached hydrogens (tertiary/aromatic N) is 1. The molecule has 3 rings (SSSR count). The van der Waals surface area contributed by atoms with Gasteiger partial charge in [0.2, 0.25) is 0 Å². The molecule has 1 N–H and O–H groups in total. The monoisotopic (exact) mass is 406 g/mol. The van der Waals surface area contributed by atoms with E-state index in [2.05, 4.69) is 5.32 Å². The lowest BCUT2D eigenvalue weighted by molar-refractivity contribution is -0.148. The van der Waals surface area contributed by atoms with Gasteiger partial charge in [0, 0.05) is 32.2 Å². The van der Waals surface area contributed by atoms with Crippen LogP contribution in [0.4, 0.5) is 13.2 Å². The van der Waals surface area contributed by atoms with E-state index in [9.17, 15) is 13.2 Å². The summed E-state index contributed by atoms with van der Waals surface area (Å²) in [6.07, 6.45) is -5.00. The van der Waals surface area contributed by atoms with E-state index in [0.29, 0.717) is 13.1 Å². The van der Waals surface area contributed by atoms with Crippen LogP contribution >= 0.6 is 24.8 Å². The van der Waals surface area contributed by atoms with Crippen molar-refractivity contribution in [3.63, 3.8) is 0 Å². The van der Waals surface area contributed by atoms with Crippen molar-refractivity contribution in [2.24, 2.45) is 0 Å². The van der Waals surface area contributed by atoms with Gasteiger partial charge in [-0.1, -0.05) is 48.5 Å². The summed E-state index contributed by atoms with van der Waals surface area (Å²) in [4.78, 5) is 1.94. The number of hydrogen-bond acceptors (Lipinski definition) is 2. The van der Waals surface area contributed by atoms with Crippen molar-refractivity contribution in [1.29, 1.82) is 0 Å². The van der Waals surface area contributed by atoms with Crippen LogP contribution in [0.5, 0.6) is 0 Å². The van der Waals surface area contributed by atoms with Crippen molar-refractivity contribution in [2.75, 3.05) is 26.2 Å². The van der Waals surface area contributed by atoms with Crippen LogP contribution in [0.15, 0.2) is 54.6 Å². The van der Waals surface area contributed by atoms with E-state index in [1.165, 1.54) is 0 Å². The second kappa shape index (κ2) is 10.2. The summed E-state index contributed by atoms with van der Waals surface area (Å²) in [6, 6.07) is 16.6. The van der Waals surface area contributed by atoms with E-state index in [-0.39, 0.29) is 24.8 Å². The molecule has 2 aromatic rings. The molecule has 7 heteroatoms. The molecule has 0 amide bonds. The number of benzene rings is 2. The molecule has 0 saturated carbocycles. The molecular weight excluding hydrogens is 384 g/mol. The van der Waals surface area contributed by atoms with Crippen LogP contribution in [0.25, 0.3) is 11.1 Å². The number of halogens is 5. The second-order valence-electron chi connectivity index (χ2n) is 6.11. The molecule has 0 aromatic heterocycles. The van der Waals surface area contributed by atoms with Gasteiger partial charge >= 0.3 is 6.18 Å². The first-order chi connectivity index (χ1) is 11.5. The Kier molecular flexibility index (Phi) is 8.90. The molecule has 1 saturated heterocycles. The van der Waals surface area contributed by atoms with E-state index in [1.54, 1.807) is 0 Å². The normalized spacial score (nSPS) is 16.3. The lowest BCUT2D eigenvalue weighted by atomic mass is 9.96. The molecule has 26 heavy (non-hydrogen) atoms. The van der Waals surface area contributed by atoms with Crippen LogP contribution in [0, 0.1) is 0 Å². The van der Waals surface area contributed by atoms with E-state index in [1.807, 2.05) is 59.5 Å². The van der Waals surface area contributed by atoms with Gasteiger partial charge in [-0.25, -0.2) is 0 Å². The Morgan fingerprint density at radius 1 is 0.885 bits per heavy atom. The van der Waals surface area contributed by atoms with Gasteiger partial charge < -0.3 is 5.32 Å². The highest BCUT2D eigenvalue weighted by Gasteiger charge is 2.36. The molecule has 0 unspecified atom stereocenters. The number of alkyl halides is 3. The molecular formula is C19H23Cl2F3N2. The van der Waals surface area contributed by atoms with Gasteiger partial charge in [-0.2, -0.15) is 13.2 Å². The number of rotatable bonds is 4. The Balaban J connectivity index is 0.00000169. The summed E-state index contributed by atoms with van der Waals surface area (Å²) < 4.78 is 39.4. The minimum Gasteiger partial charge on any atom is -0.314 e. The van der Waals surface area contributed by atoms with E-state index < -0.39 is 18.6 Å². The van der Waals surface area contributed by atoms with Crippen molar-refractivity contribution >= 4 is 24.8 Å². The predicted molar refractivity (Wildman–Crippen MR) is 104 cm³/mol. The number of hydrogen-bond donors (Lipinski definition) is 1. The minimum absolute atomic E-state index is 0. The number of nitrogens with one attached hydrogen (secondary N) is 1. The molecule has 144 valence electrons. The van der Waals surface area contributed by atoms with Crippen LogP contribution in [0.1, 0.15) is 18.0 Å². The Hall–Kier alpha value is -1.27. The molecule has 1 aliphatic rings. The van der Waals surface area contributed by atoms with E-state index >= 15 is 0 Å². The summed E-state index contributed by atoms with van der Waals surface area (Å²) in [6.45, 7) is 2.73. The third-order valence-corrected chi connectivity index (χ3v) is 4.40. The zero-order chi connectivity index (χ0) is 17.0. The molecule has 2 aromatic carbocycles. The summed E-state index contributed by atoms with van der Waals surface area (Å²) in [5.74, 6) is 0. The lowest BCUT2D eigenvalue weighted by Gasteiger charge is -2.35. The maximum atomic E-state index is 13.1.